The van der Waals surface area contributed by atoms with Crippen molar-refractivity contribution in [1.82, 2.24) is 5.32 Å². The van der Waals surface area contributed by atoms with Crippen LogP contribution in [0.2, 0.25) is 10.0 Å². The van der Waals surface area contributed by atoms with Gasteiger partial charge in [-0.1, -0.05) is 23.2 Å². The maximum absolute atomic E-state index is 6.23. The molecule has 2 nitrogen and oxygen atoms in total. The van der Waals surface area contributed by atoms with Crippen LogP contribution in [0.1, 0.15) is 13.3 Å². The lowest BCUT2D eigenvalue weighted by molar-refractivity contribution is 0.630. The van der Waals surface area contributed by atoms with Gasteiger partial charge in [-0.05, 0) is 38.1 Å². The van der Waals surface area contributed by atoms with Crippen molar-refractivity contribution in [2.45, 2.75) is 19.4 Å². The van der Waals surface area contributed by atoms with Crippen LogP contribution >= 0.6 is 23.2 Å². The molecule has 1 heterocycles. The predicted octanol–water partition coefficient (Wildman–Crippen LogP) is 3.18. The molecule has 1 aromatic carbocycles. The van der Waals surface area contributed by atoms with Gasteiger partial charge >= 0.3 is 0 Å². The van der Waals surface area contributed by atoms with Gasteiger partial charge in [0.1, 0.15) is 0 Å². The Morgan fingerprint density at radius 2 is 2.19 bits per heavy atom. The van der Waals surface area contributed by atoms with Crippen molar-refractivity contribution < 1.29 is 0 Å². The molecule has 0 aliphatic carbocycles. The van der Waals surface area contributed by atoms with E-state index in [4.69, 9.17) is 23.2 Å². The third kappa shape index (κ3) is 2.62. The summed E-state index contributed by atoms with van der Waals surface area (Å²) in [5, 5.41) is 4.84. The number of hydrogen-bond donors (Lipinski definition) is 1. The van der Waals surface area contributed by atoms with Crippen LogP contribution in [-0.2, 0) is 0 Å². The van der Waals surface area contributed by atoms with E-state index < -0.39 is 0 Å². The molecular weight excluding hydrogens is 243 g/mol. The van der Waals surface area contributed by atoms with Crippen LogP contribution in [0, 0.1) is 0 Å². The first-order chi connectivity index (χ1) is 7.68. The molecule has 1 saturated heterocycles. The van der Waals surface area contributed by atoms with E-state index in [1.807, 2.05) is 18.2 Å². The lowest BCUT2D eigenvalue weighted by Crippen LogP contribution is -2.37. The first-order valence-corrected chi connectivity index (χ1v) is 6.36. The standard InChI is InChI=1S/C12H16Cl2N2/c1-9-8-15-5-2-6-16(9)12-4-3-10(13)7-11(12)14/h3-4,7,9,15H,2,5-6,8H2,1H3. The van der Waals surface area contributed by atoms with Crippen molar-refractivity contribution in [2.75, 3.05) is 24.5 Å². The maximum Gasteiger partial charge on any atom is 0.0654 e. The first kappa shape index (κ1) is 12.0. The number of nitrogens with zero attached hydrogens (tertiary/aromatic N) is 1. The summed E-state index contributed by atoms with van der Waals surface area (Å²) in [5.41, 5.74) is 1.09. The van der Waals surface area contributed by atoms with Gasteiger partial charge in [0, 0.05) is 24.2 Å². The van der Waals surface area contributed by atoms with E-state index in [0.29, 0.717) is 11.1 Å². The molecule has 1 unspecified atom stereocenters. The second-order valence-corrected chi connectivity index (χ2v) is 5.04. The van der Waals surface area contributed by atoms with Crippen molar-refractivity contribution in [3.8, 4) is 0 Å². The number of rotatable bonds is 1. The topological polar surface area (TPSA) is 15.3 Å². The monoisotopic (exact) mass is 258 g/mol. The fourth-order valence-electron chi connectivity index (χ4n) is 2.09. The highest BCUT2D eigenvalue weighted by Gasteiger charge is 2.18. The Kier molecular flexibility index (Phi) is 3.95. The van der Waals surface area contributed by atoms with E-state index in [1.165, 1.54) is 0 Å². The molecular formula is C12H16Cl2N2. The smallest absolute Gasteiger partial charge is 0.0654 e. The van der Waals surface area contributed by atoms with Crippen LogP contribution < -0.4 is 10.2 Å². The van der Waals surface area contributed by atoms with E-state index in [0.717, 1.165) is 36.8 Å². The Hall–Kier alpha value is -0.440. The van der Waals surface area contributed by atoms with Crippen LogP contribution in [0.5, 0.6) is 0 Å². The van der Waals surface area contributed by atoms with Crippen molar-refractivity contribution in [1.29, 1.82) is 0 Å². The molecule has 1 aromatic rings. The van der Waals surface area contributed by atoms with Gasteiger partial charge in [-0.2, -0.15) is 0 Å². The minimum atomic E-state index is 0.459. The van der Waals surface area contributed by atoms with E-state index in [1.54, 1.807) is 0 Å². The van der Waals surface area contributed by atoms with Gasteiger partial charge in [0.2, 0.25) is 0 Å². The van der Waals surface area contributed by atoms with Gasteiger partial charge in [-0.15, -0.1) is 0 Å². The van der Waals surface area contributed by atoms with E-state index >= 15 is 0 Å². The molecule has 2 rings (SSSR count). The highest BCUT2D eigenvalue weighted by Crippen LogP contribution is 2.30. The molecule has 0 aromatic heterocycles. The highest BCUT2D eigenvalue weighted by atomic mass is 35.5. The van der Waals surface area contributed by atoms with Crippen molar-refractivity contribution >= 4 is 28.9 Å². The van der Waals surface area contributed by atoms with Gasteiger partial charge in [0.25, 0.3) is 0 Å². The molecule has 0 spiro atoms. The van der Waals surface area contributed by atoms with Crippen LogP contribution in [0.3, 0.4) is 0 Å². The number of hydrogen-bond acceptors (Lipinski definition) is 2. The molecule has 0 radical (unpaired) electrons. The number of halogens is 2. The summed E-state index contributed by atoms with van der Waals surface area (Å²) in [4.78, 5) is 2.35. The molecule has 1 atom stereocenters. The van der Waals surface area contributed by atoms with E-state index in [9.17, 15) is 0 Å². The molecule has 1 aliphatic rings. The SMILES string of the molecule is CC1CNCCCN1c1ccc(Cl)cc1Cl. The minimum Gasteiger partial charge on any atom is -0.366 e. The highest BCUT2D eigenvalue weighted by molar-refractivity contribution is 6.36. The Bertz CT molecular complexity index is 368. The fourth-order valence-corrected chi connectivity index (χ4v) is 2.61. The van der Waals surface area contributed by atoms with E-state index in [2.05, 4.69) is 17.1 Å². The summed E-state index contributed by atoms with van der Waals surface area (Å²) in [6.07, 6.45) is 1.14. The molecule has 1 fully saturated rings. The lowest BCUT2D eigenvalue weighted by Gasteiger charge is -2.30. The van der Waals surface area contributed by atoms with Gasteiger partial charge < -0.3 is 10.2 Å². The lowest BCUT2D eigenvalue weighted by atomic mass is 10.2. The fraction of sp³-hybridized carbons (Fsp3) is 0.500. The third-order valence-electron chi connectivity index (χ3n) is 2.94. The molecule has 88 valence electrons. The first-order valence-electron chi connectivity index (χ1n) is 5.61. The summed E-state index contributed by atoms with van der Waals surface area (Å²) in [6.45, 7) is 5.32. The molecule has 0 saturated carbocycles. The van der Waals surface area contributed by atoms with Crippen LogP contribution in [0.15, 0.2) is 18.2 Å². The largest absolute Gasteiger partial charge is 0.366 e. The molecule has 4 heteroatoms. The zero-order chi connectivity index (χ0) is 11.5. The Labute approximate surface area is 107 Å². The van der Waals surface area contributed by atoms with Crippen LogP contribution in [-0.4, -0.2) is 25.7 Å². The summed E-state index contributed by atoms with van der Waals surface area (Å²) >= 11 is 12.1. The minimum absolute atomic E-state index is 0.459. The van der Waals surface area contributed by atoms with Crippen molar-refractivity contribution in [2.24, 2.45) is 0 Å². The quantitative estimate of drug-likeness (QED) is 0.833. The average molecular weight is 259 g/mol. The number of nitrogens with one attached hydrogen (secondary N) is 1. The zero-order valence-corrected chi connectivity index (χ0v) is 10.9. The van der Waals surface area contributed by atoms with Crippen molar-refractivity contribution in [3.05, 3.63) is 28.2 Å². The molecule has 1 aliphatic heterocycles. The predicted molar refractivity (Wildman–Crippen MR) is 70.8 cm³/mol. The Balaban J connectivity index is 2.27. The molecule has 0 bridgehead atoms. The molecule has 0 amide bonds. The third-order valence-corrected chi connectivity index (χ3v) is 3.48. The second-order valence-electron chi connectivity index (χ2n) is 4.20. The molecule has 16 heavy (non-hydrogen) atoms. The van der Waals surface area contributed by atoms with E-state index in [-0.39, 0.29) is 0 Å². The second kappa shape index (κ2) is 5.26. The summed E-state index contributed by atoms with van der Waals surface area (Å²) < 4.78 is 0. The normalized spacial score (nSPS) is 21.9. The van der Waals surface area contributed by atoms with Gasteiger partial charge in [0.15, 0.2) is 0 Å². The summed E-state index contributed by atoms with van der Waals surface area (Å²) in [5.74, 6) is 0. The van der Waals surface area contributed by atoms with Gasteiger partial charge in [-0.25, -0.2) is 0 Å². The maximum atomic E-state index is 6.23. The van der Waals surface area contributed by atoms with Crippen LogP contribution in [0.4, 0.5) is 5.69 Å². The zero-order valence-electron chi connectivity index (χ0n) is 9.34. The van der Waals surface area contributed by atoms with Gasteiger partial charge in [0.05, 0.1) is 10.7 Å². The Morgan fingerprint density at radius 1 is 1.38 bits per heavy atom. The number of benzene rings is 1. The molecule has 1 N–H and O–H groups in total. The van der Waals surface area contributed by atoms with Gasteiger partial charge in [-0.3, -0.25) is 0 Å². The van der Waals surface area contributed by atoms with Crippen LogP contribution in [0.25, 0.3) is 0 Å². The average Bonchev–Trinajstić information content (AvgIpc) is 2.44. The Morgan fingerprint density at radius 3 is 2.94 bits per heavy atom. The summed E-state index contributed by atoms with van der Waals surface area (Å²) in [7, 11) is 0. The number of anilines is 1. The summed E-state index contributed by atoms with van der Waals surface area (Å²) in [6, 6.07) is 6.17. The van der Waals surface area contributed by atoms with Crippen molar-refractivity contribution in [3.63, 3.8) is 0 Å².